The number of nitrogens with one attached hydrogen (secondary N) is 1. The third-order valence-corrected chi connectivity index (χ3v) is 5.28. The van der Waals surface area contributed by atoms with Crippen LogP contribution >= 0.6 is 0 Å². The summed E-state index contributed by atoms with van der Waals surface area (Å²) in [6, 6.07) is 7.54. The first-order chi connectivity index (χ1) is 12.0. The summed E-state index contributed by atoms with van der Waals surface area (Å²) >= 11 is 0. The van der Waals surface area contributed by atoms with Crippen LogP contribution < -0.4 is 10.1 Å². The molecule has 1 saturated heterocycles. The van der Waals surface area contributed by atoms with Crippen molar-refractivity contribution in [3.05, 3.63) is 29.8 Å². The summed E-state index contributed by atoms with van der Waals surface area (Å²) < 4.78 is 6.09. The summed E-state index contributed by atoms with van der Waals surface area (Å²) in [4.78, 5) is 25.2. The van der Waals surface area contributed by atoms with Crippen molar-refractivity contribution in [1.29, 1.82) is 0 Å². The second-order valence-electron chi connectivity index (χ2n) is 7.33. The molecule has 6 nitrogen and oxygen atoms in total. The van der Waals surface area contributed by atoms with Crippen molar-refractivity contribution in [1.82, 2.24) is 10.2 Å². The first-order valence-electron chi connectivity index (χ1n) is 8.99. The quantitative estimate of drug-likeness (QED) is 0.859. The molecule has 0 spiro atoms. The van der Waals surface area contributed by atoms with Gasteiger partial charge in [-0.2, -0.15) is 0 Å². The largest absolute Gasteiger partial charge is 0.490 e. The molecular weight excluding hydrogens is 320 g/mol. The molecule has 25 heavy (non-hydrogen) atoms. The van der Waals surface area contributed by atoms with Crippen LogP contribution in [0.1, 0.15) is 44.6 Å². The smallest absolute Gasteiger partial charge is 0.317 e. The van der Waals surface area contributed by atoms with Crippen LogP contribution in [0.3, 0.4) is 0 Å². The zero-order valence-electron chi connectivity index (χ0n) is 14.7. The number of benzene rings is 1. The number of ether oxygens (including phenoxy) is 1. The van der Waals surface area contributed by atoms with Gasteiger partial charge in [0.25, 0.3) is 0 Å². The summed E-state index contributed by atoms with van der Waals surface area (Å²) in [6.07, 6.45) is 5.34. The van der Waals surface area contributed by atoms with Gasteiger partial charge in [-0.25, -0.2) is 4.79 Å². The highest BCUT2D eigenvalue weighted by Gasteiger charge is 2.42. The van der Waals surface area contributed by atoms with Gasteiger partial charge in [-0.1, -0.05) is 18.2 Å². The van der Waals surface area contributed by atoms with Gasteiger partial charge in [0.1, 0.15) is 5.75 Å². The highest BCUT2D eigenvalue weighted by Crippen LogP contribution is 2.30. The number of carbonyl (C=O) groups excluding carboxylic acids is 1. The van der Waals surface area contributed by atoms with Crippen molar-refractivity contribution in [3.8, 4) is 5.75 Å². The first-order valence-corrected chi connectivity index (χ1v) is 8.99. The van der Waals surface area contributed by atoms with E-state index in [1.54, 1.807) is 11.8 Å². The Morgan fingerprint density at radius 1 is 1.32 bits per heavy atom. The van der Waals surface area contributed by atoms with Crippen molar-refractivity contribution in [2.24, 2.45) is 5.41 Å². The molecule has 2 fully saturated rings. The molecule has 136 valence electrons. The number of amides is 2. The van der Waals surface area contributed by atoms with Gasteiger partial charge in [-0.15, -0.1) is 0 Å². The summed E-state index contributed by atoms with van der Waals surface area (Å²) in [7, 11) is 0. The molecule has 1 aliphatic heterocycles. The highest BCUT2D eigenvalue weighted by atomic mass is 16.5. The lowest BCUT2D eigenvalue weighted by Crippen LogP contribution is -2.40. The van der Waals surface area contributed by atoms with Crippen molar-refractivity contribution >= 4 is 12.0 Å². The van der Waals surface area contributed by atoms with Crippen molar-refractivity contribution < 1.29 is 19.4 Å². The molecule has 1 heterocycles. The fourth-order valence-electron chi connectivity index (χ4n) is 3.54. The number of carboxylic acid groups (broad SMARTS) is 1. The molecule has 6 heteroatoms. The van der Waals surface area contributed by atoms with E-state index >= 15 is 0 Å². The number of hydrogen-bond acceptors (Lipinski definition) is 3. The SMILES string of the molecule is CC1(C(=O)O)CCN(C(=O)NCc2ccccc2OC2CCCC2)C1. The molecule has 1 saturated carbocycles. The average molecular weight is 346 g/mol. The van der Waals surface area contributed by atoms with Gasteiger partial charge in [0.05, 0.1) is 11.5 Å². The molecule has 2 N–H and O–H groups in total. The molecule has 3 rings (SSSR count). The Hall–Kier alpha value is -2.24. The minimum Gasteiger partial charge on any atom is -0.490 e. The van der Waals surface area contributed by atoms with Crippen molar-refractivity contribution in [3.63, 3.8) is 0 Å². The van der Waals surface area contributed by atoms with Gasteiger partial charge >= 0.3 is 12.0 Å². The van der Waals surface area contributed by atoms with Crippen LogP contribution in [0.15, 0.2) is 24.3 Å². The molecule has 1 aromatic rings. The molecule has 2 amide bonds. The first kappa shape index (κ1) is 17.6. The number of aliphatic carboxylic acids is 1. The average Bonchev–Trinajstić information content (AvgIpc) is 3.24. The second-order valence-corrected chi connectivity index (χ2v) is 7.33. The van der Waals surface area contributed by atoms with E-state index in [1.165, 1.54) is 12.8 Å². The summed E-state index contributed by atoms with van der Waals surface area (Å²) in [5.74, 6) is -0.0235. The van der Waals surface area contributed by atoms with E-state index in [1.807, 2.05) is 24.3 Å². The van der Waals surface area contributed by atoms with E-state index in [0.717, 1.165) is 24.2 Å². The third kappa shape index (κ3) is 4.06. The molecular formula is C19H26N2O4. The van der Waals surface area contributed by atoms with Crippen LogP contribution in [0.4, 0.5) is 4.79 Å². The molecule has 0 radical (unpaired) electrons. The van der Waals surface area contributed by atoms with E-state index in [9.17, 15) is 14.7 Å². The molecule has 1 atom stereocenters. The van der Waals surface area contributed by atoms with E-state index in [-0.39, 0.29) is 18.7 Å². The number of carbonyl (C=O) groups is 2. The molecule has 0 aromatic heterocycles. The molecule has 1 unspecified atom stereocenters. The fraction of sp³-hybridized carbons (Fsp3) is 0.579. The van der Waals surface area contributed by atoms with Crippen molar-refractivity contribution in [2.45, 2.75) is 51.7 Å². The Labute approximate surface area is 148 Å². The number of nitrogens with zero attached hydrogens (tertiary/aromatic N) is 1. The van der Waals surface area contributed by atoms with Crippen LogP contribution in [0.25, 0.3) is 0 Å². The zero-order valence-corrected chi connectivity index (χ0v) is 14.7. The van der Waals surface area contributed by atoms with E-state index in [2.05, 4.69) is 5.32 Å². The standard InChI is InChI=1S/C19H26N2O4/c1-19(17(22)23)10-11-21(13-19)18(24)20-12-14-6-2-5-9-16(14)25-15-7-3-4-8-15/h2,5-6,9,15H,3-4,7-8,10-13H2,1H3,(H,20,24)(H,22,23). The minimum atomic E-state index is -0.849. The van der Waals surface area contributed by atoms with Gasteiger partial charge in [-0.3, -0.25) is 4.79 Å². The number of para-hydroxylation sites is 1. The molecule has 0 bridgehead atoms. The Kier molecular flexibility index (Phi) is 5.16. The predicted molar refractivity (Wildman–Crippen MR) is 93.5 cm³/mol. The molecule has 1 aliphatic carbocycles. The predicted octanol–water partition coefficient (Wildman–Crippen LogP) is 3.01. The van der Waals surface area contributed by atoms with Crippen molar-refractivity contribution in [2.75, 3.05) is 13.1 Å². The topological polar surface area (TPSA) is 78.9 Å². The Balaban J connectivity index is 1.56. The second kappa shape index (κ2) is 7.33. The van der Waals surface area contributed by atoms with E-state index in [4.69, 9.17) is 4.74 Å². The van der Waals surface area contributed by atoms with Gasteiger partial charge in [-0.05, 0) is 45.1 Å². The van der Waals surface area contributed by atoms with Gasteiger partial charge in [0, 0.05) is 25.2 Å². The van der Waals surface area contributed by atoms with E-state index < -0.39 is 11.4 Å². The van der Waals surface area contributed by atoms with Crippen LogP contribution in [0, 0.1) is 5.41 Å². The van der Waals surface area contributed by atoms with Crippen LogP contribution in [-0.2, 0) is 11.3 Å². The molecule has 2 aliphatic rings. The zero-order chi connectivity index (χ0) is 17.9. The van der Waals surface area contributed by atoms with Gasteiger partial charge in [0.15, 0.2) is 0 Å². The van der Waals surface area contributed by atoms with E-state index in [0.29, 0.717) is 19.5 Å². The number of likely N-dealkylation sites (tertiary alicyclic amines) is 1. The summed E-state index contributed by atoms with van der Waals surface area (Å²) in [6.45, 7) is 2.78. The number of carboxylic acids is 1. The Bertz CT molecular complexity index is 642. The Morgan fingerprint density at radius 3 is 2.72 bits per heavy atom. The normalized spacial score (nSPS) is 23.6. The maximum absolute atomic E-state index is 12.4. The van der Waals surface area contributed by atoms with Crippen LogP contribution in [-0.4, -0.2) is 41.2 Å². The van der Waals surface area contributed by atoms with Gasteiger partial charge < -0.3 is 20.1 Å². The van der Waals surface area contributed by atoms with Crippen LogP contribution in [0.5, 0.6) is 5.75 Å². The fourth-order valence-corrected chi connectivity index (χ4v) is 3.54. The van der Waals surface area contributed by atoms with Crippen LogP contribution in [0.2, 0.25) is 0 Å². The maximum atomic E-state index is 12.4. The number of rotatable bonds is 5. The lowest BCUT2D eigenvalue weighted by atomic mass is 9.90. The maximum Gasteiger partial charge on any atom is 0.317 e. The highest BCUT2D eigenvalue weighted by molar-refractivity contribution is 5.79. The summed E-state index contributed by atoms with van der Waals surface area (Å²) in [5.41, 5.74) is 0.101. The lowest BCUT2D eigenvalue weighted by molar-refractivity contribution is -0.147. The number of urea groups is 1. The van der Waals surface area contributed by atoms with Gasteiger partial charge in [0.2, 0.25) is 0 Å². The monoisotopic (exact) mass is 346 g/mol. The third-order valence-electron chi connectivity index (χ3n) is 5.28. The summed E-state index contributed by atoms with van der Waals surface area (Å²) in [5, 5.41) is 12.2. The molecule has 1 aromatic carbocycles. The minimum absolute atomic E-state index is 0.222. The Morgan fingerprint density at radius 2 is 2.04 bits per heavy atom. The number of hydrogen-bond donors (Lipinski definition) is 2. The lowest BCUT2D eigenvalue weighted by Gasteiger charge is -2.21.